The van der Waals surface area contributed by atoms with Gasteiger partial charge in [0.15, 0.2) is 0 Å². The van der Waals surface area contributed by atoms with Crippen molar-refractivity contribution in [3.8, 4) is 5.75 Å². The maximum atomic E-state index is 5.65. The number of alkyl halides is 1. The van der Waals surface area contributed by atoms with Gasteiger partial charge in [0.2, 0.25) is 0 Å². The van der Waals surface area contributed by atoms with Gasteiger partial charge in [-0.3, -0.25) is 0 Å². The zero-order valence-corrected chi connectivity index (χ0v) is 12.6. The van der Waals surface area contributed by atoms with Crippen molar-refractivity contribution < 1.29 is 4.74 Å². The summed E-state index contributed by atoms with van der Waals surface area (Å²) in [6.45, 7) is 2.80. The Labute approximate surface area is 118 Å². The molecule has 0 aromatic heterocycles. The van der Waals surface area contributed by atoms with Crippen LogP contribution >= 0.6 is 15.9 Å². The van der Waals surface area contributed by atoms with Crippen molar-refractivity contribution in [2.24, 2.45) is 0 Å². The van der Waals surface area contributed by atoms with Gasteiger partial charge in [-0.2, -0.15) is 0 Å². The molecule has 0 spiro atoms. The molecule has 1 aromatic carbocycles. The van der Waals surface area contributed by atoms with Crippen LogP contribution in [0.5, 0.6) is 5.75 Å². The Bertz CT molecular complexity index is 416. The molecule has 0 N–H and O–H groups in total. The van der Waals surface area contributed by atoms with Gasteiger partial charge in [0.1, 0.15) is 5.75 Å². The predicted molar refractivity (Wildman–Crippen MR) is 78.6 cm³/mol. The van der Waals surface area contributed by atoms with Crippen LogP contribution < -0.4 is 4.74 Å². The second-order valence-corrected chi connectivity index (χ2v) is 7.57. The van der Waals surface area contributed by atoms with Crippen LogP contribution in [0.25, 0.3) is 0 Å². The first-order valence-corrected chi connectivity index (χ1v) is 7.87. The van der Waals surface area contributed by atoms with E-state index in [1.807, 2.05) is 6.92 Å². The van der Waals surface area contributed by atoms with E-state index in [-0.39, 0.29) is 0 Å². The molecule has 3 saturated carbocycles. The second kappa shape index (κ2) is 4.56. The molecule has 2 heteroatoms. The maximum absolute atomic E-state index is 5.65. The molecule has 3 aliphatic carbocycles. The van der Waals surface area contributed by atoms with Crippen LogP contribution in [0.2, 0.25) is 0 Å². The van der Waals surface area contributed by atoms with E-state index in [4.69, 9.17) is 4.74 Å². The van der Waals surface area contributed by atoms with Crippen LogP contribution in [0.4, 0.5) is 0 Å². The molecule has 2 bridgehead atoms. The third-order valence-electron chi connectivity index (χ3n) is 4.91. The maximum Gasteiger partial charge on any atom is 0.119 e. The number of benzene rings is 1. The summed E-state index contributed by atoms with van der Waals surface area (Å²) < 4.78 is 6.11. The van der Waals surface area contributed by atoms with Crippen molar-refractivity contribution in [2.45, 2.75) is 55.2 Å². The van der Waals surface area contributed by atoms with Gasteiger partial charge in [0, 0.05) is 4.32 Å². The molecule has 0 unspecified atom stereocenters. The van der Waals surface area contributed by atoms with E-state index in [2.05, 4.69) is 40.2 Å². The van der Waals surface area contributed by atoms with Gasteiger partial charge >= 0.3 is 0 Å². The van der Waals surface area contributed by atoms with E-state index < -0.39 is 0 Å². The minimum absolute atomic E-state index is 0.433. The monoisotopic (exact) mass is 308 g/mol. The van der Waals surface area contributed by atoms with Crippen LogP contribution in [-0.2, 0) is 5.41 Å². The molecule has 3 fully saturated rings. The van der Waals surface area contributed by atoms with Crippen LogP contribution in [0.1, 0.15) is 51.0 Å². The van der Waals surface area contributed by atoms with Crippen LogP contribution in [-0.4, -0.2) is 10.9 Å². The summed E-state index contributed by atoms with van der Waals surface area (Å²) in [4.78, 5) is 0. The molecule has 0 saturated heterocycles. The third kappa shape index (κ3) is 2.09. The number of fused-ring (bicyclic) bond motifs is 3. The lowest BCUT2D eigenvalue weighted by molar-refractivity contribution is 0.162. The largest absolute Gasteiger partial charge is 0.494 e. The van der Waals surface area contributed by atoms with E-state index >= 15 is 0 Å². The van der Waals surface area contributed by atoms with Crippen LogP contribution in [0.15, 0.2) is 24.3 Å². The van der Waals surface area contributed by atoms with Crippen molar-refractivity contribution in [1.29, 1.82) is 0 Å². The van der Waals surface area contributed by atoms with Gasteiger partial charge in [-0.05, 0) is 68.6 Å². The average molecular weight is 309 g/mol. The minimum Gasteiger partial charge on any atom is -0.494 e. The van der Waals surface area contributed by atoms with Gasteiger partial charge in [-0.1, -0.05) is 28.1 Å². The van der Waals surface area contributed by atoms with E-state index in [1.54, 1.807) is 0 Å². The first-order chi connectivity index (χ1) is 8.66. The SMILES string of the molecule is CCOc1cccc(C23CCC(Br)(CC2)CC3)c1. The van der Waals surface area contributed by atoms with Gasteiger partial charge < -0.3 is 4.74 Å². The summed E-state index contributed by atoms with van der Waals surface area (Å²) in [6, 6.07) is 8.80. The first-order valence-electron chi connectivity index (χ1n) is 7.08. The van der Waals surface area contributed by atoms with Crippen molar-refractivity contribution in [1.82, 2.24) is 0 Å². The van der Waals surface area contributed by atoms with Crippen molar-refractivity contribution in [3.05, 3.63) is 29.8 Å². The highest BCUT2D eigenvalue weighted by molar-refractivity contribution is 9.10. The number of halogens is 1. The van der Waals surface area contributed by atoms with E-state index in [9.17, 15) is 0 Å². The topological polar surface area (TPSA) is 9.23 Å². The van der Waals surface area contributed by atoms with Gasteiger partial charge in [0.05, 0.1) is 6.61 Å². The molecule has 0 aliphatic heterocycles. The fraction of sp³-hybridized carbons (Fsp3) is 0.625. The summed E-state index contributed by atoms with van der Waals surface area (Å²) >= 11 is 3.94. The molecule has 0 atom stereocenters. The fourth-order valence-electron chi connectivity index (χ4n) is 3.66. The van der Waals surface area contributed by atoms with E-state index in [0.717, 1.165) is 12.4 Å². The lowest BCUT2D eigenvalue weighted by Gasteiger charge is -2.51. The lowest BCUT2D eigenvalue weighted by atomic mass is 9.58. The smallest absolute Gasteiger partial charge is 0.119 e. The number of hydrogen-bond acceptors (Lipinski definition) is 1. The Morgan fingerprint density at radius 3 is 2.39 bits per heavy atom. The molecule has 0 heterocycles. The molecular weight excluding hydrogens is 288 g/mol. The number of ether oxygens (including phenoxy) is 1. The Balaban J connectivity index is 1.88. The highest BCUT2D eigenvalue weighted by Crippen LogP contribution is 2.57. The first kappa shape index (κ1) is 12.5. The number of hydrogen-bond donors (Lipinski definition) is 0. The Morgan fingerprint density at radius 2 is 1.78 bits per heavy atom. The van der Waals surface area contributed by atoms with E-state index in [1.165, 1.54) is 44.1 Å². The highest BCUT2D eigenvalue weighted by atomic mass is 79.9. The molecule has 0 radical (unpaired) electrons. The molecule has 0 amide bonds. The standard InChI is InChI=1S/C16H21BrO/c1-2-18-14-5-3-4-13(12-14)15-6-9-16(17,10-7-15)11-8-15/h3-5,12H,2,6-11H2,1H3. The molecule has 1 aromatic rings. The van der Waals surface area contributed by atoms with E-state index in [0.29, 0.717) is 9.74 Å². The average Bonchev–Trinajstić information content (AvgIpc) is 2.41. The van der Waals surface area contributed by atoms with Crippen molar-refractivity contribution in [2.75, 3.05) is 6.61 Å². The summed E-state index contributed by atoms with van der Waals surface area (Å²) in [6.07, 6.45) is 7.96. The zero-order chi connectivity index (χ0) is 12.6. The van der Waals surface area contributed by atoms with Crippen molar-refractivity contribution >= 4 is 15.9 Å². The zero-order valence-electron chi connectivity index (χ0n) is 11.0. The summed E-state index contributed by atoms with van der Waals surface area (Å²) in [5, 5.41) is 0. The Morgan fingerprint density at radius 1 is 1.11 bits per heavy atom. The second-order valence-electron chi connectivity index (χ2n) is 5.89. The van der Waals surface area contributed by atoms with Gasteiger partial charge in [-0.25, -0.2) is 0 Å². The summed E-state index contributed by atoms with van der Waals surface area (Å²) in [5.41, 5.74) is 1.94. The minimum atomic E-state index is 0.433. The fourth-order valence-corrected chi connectivity index (χ4v) is 4.25. The third-order valence-corrected chi connectivity index (χ3v) is 6.10. The molecule has 98 valence electrons. The molecule has 3 aliphatic rings. The quantitative estimate of drug-likeness (QED) is 0.727. The van der Waals surface area contributed by atoms with Crippen LogP contribution in [0.3, 0.4) is 0 Å². The van der Waals surface area contributed by atoms with Gasteiger partial charge in [-0.15, -0.1) is 0 Å². The predicted octanol–water partition coefficient (Wildman–Crippen LogP) is 4.82. The molecule has 4 rings (SSSR count). The highest BCUT2D eigenvalue weighted by Gasteiger charge is 2.48. The molecule has 1 nitrogen and oxygen atoms in total. The Kier molecular flexibility index (Phi) is 3.17. The molecule has 18 heavy (non-hydrogen) atoms. The number of rotatable bonds is 3. The van der Waals surface area contributed by atoms with Gasteiger partial charge in [0.25, 0.3) is 0 Å². The summed E-state index contributed by atoms with van der Waals surface area (Å²) in [5.74, 6) is 1.03. The van der Waals surface area contributed by atoms with Crippen LogP contribution in [0, 0.1) is 0 Å². The van der Waals surface area contributed by atoms with Crippen molar-refractivity contribution in [3.63, 3.8) is 0 Å². The molecular formula is C16H21BrO. The Hall–Kier alpha value is -0.500. The summed E-state index contributed by atoms with van der Waals surface area (Å²) in [7, 11) is 0. The normalized spacial score (nSPS) is 34.6. The lowest BCUT2D eigenvalue weighted by Crippen LogP contribution is -2.44.